The van der Waals surface area contributed by atoms with Crippen molar-refractivity contribution in [2.45, 2.75) is 0 Å². The van der Waals surface area contributed by atoms with Crippen LogP contribution in [0.2, 0.25) is 0 Å². The lowest BCUT2D eigenvalue weighted by Gasteiger charge is -2.03. The number of carbonyl (C=O) groups is 1. The monoisotopic (exact) mass is 265 g/mol. The normalized spacial score (nSPS) is 11.7. The molecule has 0 fully saturated rings. The summed E-state index contributed by atoms with van der Waals surface area (Å²) < 4.78 is 1.34. The van der Waals surface area contributed by atoms with Crippen molar-refractivity contribution in [2.24, 2.45) is 0 Å². The molecular formula is C15H11N3O2. The van der Waals surface area contributed by atoms with Crippen molar-refractivity contribution in [1.82, 2.24) is 15.0 Å². The Morgan fingerprint density at radius 1 is 1.05 bits per heavy atom. The predicted molar refractivity (Wildman–Crippen MR) is 75.8 cm³/mol. The molecule has 0 bridgehead atoms. The van der Waals surface area contributed by atoms with E-state index in [1.807, 2.05) is 42.5 Å². The van der Waals surface area contributed by atoms with Crippen LogP contribution in [0.1, 0.15) is 5.56 Å². The number of rotatable bonds is 3. The fourth-order valence-electron chi connectivity index (χ4n) is 1.97. The van der Waals surface area contributed by atoms with E-state index < -0.39 is 5.97 Å². The smallest absolute Gasteiger partial charge is 0.354 e. The Balaban J connectivity index is 2.17. The molecule has 1 aromatic heterocycles. The van der Waals surface area contributed by atoms with Crippen LogP contribution in [-0.4, -0.2) is 26.1 Å². The summed E-state index contributed by atoms with van der Waals surface area (Å²) >= 11 is 0. The van der Waals surface area contributed by atoms with Gasteiger partial charge in [-0.1, -0.05) is 47.7 Å². The van der Waals surface area contributed by atoms with Crippen molar-refractivity contribution in [3.8, 4) is 0 Å². The van der Waals surface area contributed by atoms with E-state index >= 15 is 0 Å². The zero-order valence-corrected chi connectivity index (χ0v) is 10.5. The topological polar surface area (TPSA) is 68.0 Å². The number of hydrogen-bond acceptors (Lipinski definition) is 3. The molecule has 0 saturated carbocycles. The quantitative estimate of drug-likeness (QED) is 0.739. The second-order valence-corrected chi connectivity index (χ2v) is 4.24. The molecule has 0 atom stereocenters. The number of para-hydroxylation sites is 1. The lowest BCUT2D eigenvalue weighted by molar-refractivity contribution is -0.130. The molecule has 20 heavy (non-hydrogen) atoms. The van der Waals surface area contributed by atoms with Gasteiger partial charge in [-0.05, 0) is 23.8 Å². The molecule has 98 valence electrons. The van der Waals surface area contributed by atoms with Crippen LogP contribution in [0, 0.1) is 0 Å². The Morgan fingerprint density at radius 2 is 1.75 bits per heavy atom. The van der Waals surface area contributed by atoms with Gasteiger partial charge in [0.15, 0.2) is 5.70 Å². The van der Waals surface area contributed by atoms with E-state index in [4.69, 9.17) is 0 Å². The van der Waals surface area contributed by atoms with E-state index in [9.17, 15) is 9.90 Å². The van der Waals surface area contributed by atoms with Gasteiger partial charge in [0, 0.05) is 0 Å². The lowest BCUT2D eigenvalue weighted by Crippen LogP contribution is -2.09. The summed E-state index contributed by atoms with van der Waals surface area (Å²) in [6.07, 6.45) is 1.57. The minimum atomic E-state index is -1.05. The van der Waals surface area contributed by atoms with Gasteiger partial charge < -0.3 is 5.11 Å². The zero-order chi connectivity index (χ0) is 13.9. The number of hydrogen-bond donors (Lipinski definition) is 1. The third-order valence-electron chi connectivity index (χ3n) is 2.90. The first kappa shape index (κ1) is 12.1. The Morgan fingerprint density at radius 3 is 2.50 bits per heavy atom. The van der Waals surface area contributed by atoms with Gasteiger partial charge in [-0.25, -0.2) is 9.48 Å². The second kappa shape index (κ2) is 4.97. The summed E-state index contributed by atoms with van der Waals surface area (Å²) in [7, 11) is 0. The van der Waals surface area contributed by atoms with Crippen molar-refractivity contribution in [2.75, 3.05) is 0 Å². The van der Waals surface area contributed by atoms with Gasteiger partial charge in [0.2, 0.25) is 0 Å². The highest BCUT2D eigenvalue weighted by atomic mass is 16.4. The van der Waals surface area contributed by atoms with E-state index in [-0.39, 0.29) is 5.70 Å². The van der Waals surface area contributed by atoms with Gasteiger partial charge in [-0.3, -0.25) is 0 Å². The van der Waals surface area contributed by atoms with Crippen LogP contribution in [0.5, 0.6) is 0 Å². The average molecular weight is 265 g/mol. The highest BCUT2D eigenvalue weighted by Gasteiger charge is 2.14. The largest absolute Gasteiger partial charge is 0.477 e. The highest BCUT2D eigenvalue weighted by Crippen LogP contribution is 2.17. The molecule has 1 N–H and O–H groups in total. The molecule has 5 heteroatoms. The van der Waals surface area contributed by atoms with Gasteiger partial charge in [0.25, 0.3) is 0 Å². The number of carboxylic acid groups (broad SMARTS) is 1. The molecule has 0 unspecified atom stereocenters. The van der Waals surface area contributed by atoms with Crippen molar-refractivity contribution < 1.29 is 9.90 Å². The van der Waals surface area contributed by atoms with Gasteiger partial charge in [-0.2, -0.15) is 0 Å². The highest BCUT2D eigenvalue weighted by molar-refractivity contribution is 6.15. The van der Waals surface area contributed by atoms with Crippen LogP contribution in [-0.2, 0) is 4.79 Å². The molecule has 1 heterocycles. The molecule has 0 aliphatic rings. The molecule has 0 aliphatic carbocycles. The molecule has 0 aliphatic heterocycles. The molecule has 3 rings (SSSR count). The summed E-state index contributed by atoms with van der Waals surface area (Å²) in [5.74, 6) is -1.05. The van der Waals surface area contributed by atoms with Crippen molar-refractivity contribution in [3.63, 3.8) is 0 Å². The van der Waals surface area contributed by atoms with Gasteiger partial charge >= 0.3 is 5.97 Å². The minimum Gasteiger partial charge on any atom is -0.477 e. The van der Waals surface area contributed by atoms with E-state index in [0.717, 1.165) is 5.56 Å². The number of aromatic nitrogens is 3. The van der Waals surface area contributed by atoms with Crippen LogP contribution in [0.3, 0.4) is 0 Å². The maximum absolute atomic E-state index is 11.5. The SMILES string of the molecule is O=C(O)/C(=C\c1ccccc1)n1nnc2ccccc21. The van der Waals surface area contributed by atoms with Gasteiger partial charge in [0.05, 0.1) is 5.52 Å². The van der Waals surface area contributed by atoms with E-state index in [0.29, 0.717) is 11.0 Å². The first-order valence-electron chi connectivity index (χ1n) is 6.06. The summed E-state index contributed by atoms with van der Waals surface area (Å²) in [6.45, 7) is 0. The molecule has 5 nitrogen and oxygen atoms in total. The number of benzene rings is 2. The minimum absolute atomic E-state index is 0.0601. The van der Waals surface area contributed by atoms with Gasteiger partial charge in [-0.15, -0.1) is 5.10 Å². The molecular weight excluding hydrogens is 254 g/mol. The molecule has 0 saturated heterocycles. The van der Waals surface area contributed by atoms with E-state index in [1.165, 1.54) is 4.68 Å². The summed E-state index contributed by atoms with van der Waals surface area (Å²) in [6, 6.07) is 16.5. The van der Waals surface area contributed by atoms with Gasteiger partial charge in [0.1, 0.15) is 5.52 Å². The fourth-order valence-corrected chi connectivity index (χ4v) is 1.97. The fraction of sp³-hybridized carbons (Fsp3) is 0. The Kier molecular flexibility index (Phi) is 3.01. The maximum Gasteiger partial charge on any atom is 0.354 e. The average Bonchev–Trinajstić information content (AvgIpc) is 2.89. The molecule has 3 aromatic rings. The number of aliphatic carboxylic acids is 1. The molecule has 0 spiro atoms. The first-order chi connectivity index (χ1) is 9.75. The van der Waals surface area contributed by atoms with Crippen LogP contribution in [0.4, 0.5) is 0 Å². The van der Waals surface area contributed by atoms with Crippen molar-refractivity contribution in [3.05, 3.63) is 60.2 Å². The standard InChI is InChI=1S/C15H11N3O2/c19-15(20)14(10-11-6-2-1-3-7-11)18-13-9-5-4-8-12(13)16-17-18/h1-10H,(H,19,20)/b14-10+. The number of carboxylic acids is 1. The molecule has 0 radical (unpaired) electrons. The third-order valence-corrected chi connectivity index (χ3v) is 2.90. The van der Waals surface area contributed by atoms with Crippen LogP contribution < -0.4 is 0 Å². The third kappa shape index (κ3) is 2.16. The van der Waals surface area contributed by atoms with Crippen molar-refractivity contribution in [1.29, 1.82) is 0 Å². The molecule has 0 amide bonds. The first-order valence-corrected chi connectivity index (χ1v) is 6.06. The maximum atomic E-state index is 11.5. The zero-order valence-electron chi connectivity index (χ0n) is 10.5. The Labute approximate surface area is 114 Å². The van der Waals surface area contributed by atoms with Crippen LogP contribution in [0.25, 0.3) is 22.8 Å². The van der Waals surface area contributed by atoms with E-state index in [1.54, 1.807) is 18.2 Å². The van der Waals surface area contributed by atoms with Crippen LogP contribution >= 0.6 is 0 Å². The number of nitrogens with zero attached hydrogens (tertiary/aromatic N) is 3. The van der Waals surface area contributed by atoms with Crippen molar-refractivity contribution >= 4 is 28.8 Å². The Hall–Kier alpha value is -2.95. The van der Waals surface area contributed by atoms with Crippen LogP contribution in [0.15, 0.2) is 54.6 Å². The lowest BCUT2D eigenvalue weighted by atomic mass is 10.2. The predicted octanol–water partition coefficient (Wildman–Crippen LogP) is 2.51. The summed E-state index contributed by atoms with van der Waals surface area (Å²) in [4.78, 5) is 11.5. The molecule has 2 aromatic carbocycles. The summed E-state index contributed by atoms with van der Waals surface area (Å²) in [5, 5.41) is 17.3. The second-order valence-electron chi connectivity index (χ2n) is 4.24. The van der Waals surface area contributed by atoms with E-state index in [2.05, 4.69) is 10.3 Å². The number of fused-ring (bicyclic) bond motifs is 1. The Bertz CT molecular complexity index is 791. The summed E-state index contributed by atoms with van der Waals surface area (Å²) in [5.41, 5.74) is 2.18.